The van der Waals surface area contributed by atoms with Crippen molar-refractivity contribution in [2.75, 3.05) is 6.54 Å². The Morgan fingerprint density at radius 2 is 2.12 bits per heavy atom. The van der Waals surface area contributed by atoms with Crippen molar-refractivity contribution in [3.8, 4) is 11.5 Å². The molecular weight excluding hydrogens is 346 g/mol. The van der Waals surface area contributed by atoms with E-state index >= 15 is 0 Å². The first-order valence-electron chi connectivity index (χ1n) is 7.57. The molecule has 3 aromatic rings. The molecule has 5 nitrogen and oxygen atoms in total. The van der Waals surface area contributed by atoms with Crippen molar-refractivity contribution >= 4 is 28.8 Å². The minimum atomic E-state index is -0.0319. The van der Waals surface area contributed by atoms with Gasteiger partial charge in [0.25, 0.3) is 5.91 Å². The van der Waals surface area contributed by atoms with E-state index in [1.54, 1.807) is 11.0 Å². The third-order valence-corrected chi connectivity index (χ3v) is 4.46. The maximum absolute atomic E-state index is 12.6. The van der Waals surface area contributed by atoms with Crippen LogP contribution in [0.15, 0.2) is 45.5 Å². The van der Waals surface area contributed by atoms with Gasteiger partial charge >= 0.3 is 0 Å². The van der Waals surface area contributed by atoms with Gasteiger partial charge in [-0.3, -0.25) is 4.79 Å². The summed E-state index contributed by atoms with van der Waals surface area (Å²) in [5.41, 5.74) is 1.36. The average molecular weight is 362 g/mol. The van der Waals surface area contributed by atoms with E-state index in [9.17, 15) is 4.79 Å². The molecule has 1 amide bonds. The van der Waals surface area contributed by atoms with E-state index in [0.29, 0.717) is 34.5 Å². The standard InChI is InChI=1S/C17H16ClN3O2S/c1-2-8-21(17(22)12-7-9-24-11-12)10-15-19-20-16(23-15)13-5-3-4-6-14(13)18/h3-7,9,11H,2,8,10H2,1H3. The molecule has 0 radical (unpaired) electrons. The minimum Gasteiger partial charge on any atom is -0.419 e. The first-order chi connectivity index (χ1) is 11.7. The summed E-state index contributed by atoms with van der Waals surface area (Å²) in [6.07, 6.45) is 0.849. The molecule has 0 saturated heterocycles. The molecule has 7 heteroatoms. The normalized spacial score (nSPS) is 10.8. The summed E-state index contributed by atoms with van der Waals surface area (Å²) in [7, 11) is 0. The summed E-state index contributed by atoms with van der Waals surface area (Å²) in [6, 6.07) is 9.10. The van der Waals surface area contributed by atoms with Crippen LogP contribution in [-0.2, 0) is 6.54 Å². The molecular formula is C17H16ClN3O2S. The van der Waals surface area contributed by atoms with Crippen molar-refractivity contribution in [3.05, 3.63) is 57.6 Å². The zero-order valence-electron chi connectivity index (χ0n) is 13.1. The lowest BCUT2D eigenvalue weighted by molar-refractivity contribution is 0.0729. The molecule has 0 N–H and O–H groups in total. The molecule has 0 aliphatic heterocycles. The van der Waals surface area contributed by atoms with Crippen molar-refractivity contribution in [2.45, 2.75) is 19.9 Å². The van der Waals surface area contributed by atoms with E-state index in [1.807, 2.05) is 41.9 Å². The lowest BCUT2D eigenvalue weighted by atomic mass is 10.2. The van der Waals surface area contributed by atoms with Gasteiger partial charge in [0.15, 0.2) is 0 Å². The number of carbonyl (C=O) groups excluding carboxylic acids is 1. The molecule has 0 saturated carbocycles. The fourth-order valence-corrected chi connectivity index (χ4v) is 3.16. The molecule has 0 spiro atoms. The average Bonchev–Trinajstić information content (AvgIpc) is 3.26. The topological polar surface area (TPSA) is 59.2 Å². The third kappa shape index (κ3) is 3.66. The van der Waals surface area contributed by atoms with E-state index in [0.717, 1.165) is 6.42 Å². The number of thiophene rings is 1. The molecule has 24 heavy (non-hydrogen) atoms. The van der Waals surface area contributed by atoms with Gasteiger partial charge in [-0.15, -0.1) is 10.2 Å². The van der Waals surface area contributed by atoms with Crippen LogP contribution in [0.2, 0.25) is 5.02 Å². The van der Waals surface area contributed by atoms with Crippen LogP contribution in [0.5, 0.6) is 0 Å². The zero-order chi connectivity index (χ0) is 16.9. The van der Waals surface area contributed by atoms with E-state index in [2.05, 4.69) is 10.2 Å². The second kappa shape index (κ2) is 7.59. The maximum Gasteiger partial charge on any atom is 0.255 e. The number of nitrogens with zero attached hydrogens (tertiary/aromatic N) is 3. The highest BCUT2D eigenvalue weighted by Crippen LogP contribution is 2.26. The van der Waals surface area contributed by atoms with Crippen molar-refractivity contribution in [3.63, 3.8) is 0 Å². The van der Waals surface area contributed by atoms with Crippen LogP contribution < -0.4 is 0 Å². The summed E-state index contributed by atoms with van der Waals surface area (Å²) in [4.78, 5) is 14.3. The minimum absolute atomic E-state index is 0.0319. The Balaban J connectivity index is 1.79. The van der Waals surface area contributed by atoms with Gasteiger partial charge in [0, 0.05) is 11.9 Å². The predicted molar refractivity (Wildman–Crippen MR) is 94.1 cm³/mol. The molecule has 2 aromatic heterocycles. The number of benzene rings is 1. The second-order valence-electron chi connectivity index (χ2n) is 5.22. The van der Waals surface area contributed by atoms with E-state index in [1.165, 1.54) is 11.3 Å². The Morgan fingerprint density at radius 1 is 1.29 bits per heavy atom. The summed E-state index contributed by atoms with van der Waals surface area (Å²) in [5.74, 6) is 0.715. The number of hydrogen-bond donors (Lipinski definition) is 0. The van der Waals surface area contributed by atoms with Gasteiger partial charge in [-0.1, -0.05) is 30.7 Å². The molecule has 0 unspecified atom stereocenters. The van der Waals surface area contributed by atoms with Gasteiger partial charge in [-0.2, -0.15) is 11.3 Å². The highest BCUT2D eigenvalue weighted by atomic mass is 35.5. The van der Waals surface area contributed by atoms with Crippen LogP contribution in [0, 0.1) is 0 Å². The molecule has 0 bridgehead atoms. The number of carbonyl (C=O) groups is 1. The van der Waals surface area contributed by atoms with Gasteiger partial charge in [0.1, 0.15) is 0 Å². The van der Waals surface area contributed by atoms with Crippen molar-refractivity contribution in [1.82, 2.24) is 15.1 Å². The fourth-order valence-electron chi connectivity index (χ4n) is 2.32. The van der Waals surface area contributed by atoms with Crippen molar-refractivity contribution in [2.24, 2.45) is 0 Å². The number of halogens is 1. The van der Waals surface area contributed by atoms with Crippen LogP contribution in [0.25, 0.3) is 11.5 Å². The quantitative estimate of drug-likeness (QED) is 0.648. The summed E-state index contributed by atoms with van der Waals surface area (Å²) >= 11 is 7.65. The van der Waals surface area contributed by atoms with Gasteiger partial charge in [0.05, 0.1) is 22.7 Å². The van der Waals surface area contributed by atoms with Gasteiger partial charge < -0.3 is 9.32 Å². The van der Waals surface area contributed by atoms with Crippen LogP contribution in [0.3, 0.4) is 0 Å². The number of amides is 1. The third-order valence-electron chi connectivity index (χ3n) is 3.45. The van der Waals surface area contributed by atoms with E-state index < -0.39 is 0 Å². The molecule has 0 fully saturated rings. The number of hydrogen-bond acceptors (Lipinski definition) is 5. The van der Waals surface area contributed by atoms with Crippen molar-refractivity contribution in [1.29, 1.82) is 0 Å². The first-order valence-corrected chi connectivity index (χ1v) is 8.90. The summed E-state index contributed by atoms with van der Waals surface area (Å²) in [5, 5.41) is 12.4. The molecule has 0 atom stereocenters. The Kier molecular flexibility index (Phi) is 5.27. The molecule has 0 aliphatic carbocycles. The Hall–Kier alpha value is -2.18. The van der Waals surface area contributed by atoms with Crippen LogP contribution in [0.4, 0.5) is 0 Å². The molecule has 2 heterocycles. The SMILES string of the molecule is CCCN(Cc1nnc(-c2ccccc2Cl)o1)C(=O)c1ccsc1. The fraction of sp³-hybridized carbons (Fsp3) is 0.235. The lowest BCUT2D eigenvalue weighted by Crippen LogP contribution is -2.31. The summed E-state index contributed by atoms with van der Waals surface area (Å²) < 4.78 is 5.70. The smallest absolute Gasteiger partial charge is 0.255 e. The Morgan fingerprint density at radius 3 is 2.83 bits per heavy atom. The predicted octanol–water partition coefficient (Wildman–Crippen LogP) is 4.50. The van der Waals surface area contributed by atoms with Crippen LogP contribution >= 0.6 is 22.9 Å². The molecule has 1 aromatic carbocycles. The van der Waals surface area contributed by atoms with Crippen molar-refractivity contribution < 1.29 is 9.21 Å². The molecule has 124 valence electrons. The van der Waals surface area contributed by atoms with Gasteiger partial charge in [0.2, 0.25) is 11.8 Å². The largest absolute Gasteiger partial charge is 0.419 e. The monoisotopic (exact) mass is 361 g/mol. The number of rotatable bonds is 6. The Bertz CT molecular complexity index is 817. The lowest BCUT2D eigenvalue weighted by Gasteiger charge is -2.19. The second-order valence-corrected chi connectivity index (χ2v) is 6.41. The molecule has 3 rings (SSSR count). The van der Waals surface area contributed by atoms with Gasteiger partial charge in [-0.05, 0) is 30.0 Å². The highest BCUT2D eigenvalue weighted by molar-refractivity contribution is 7.08. The van der Waals surface area contributed by atoms with Gasteiger partial charge in [-0.25, -0.2) is 0 Å². The van der Waals surface area contributed by atoms with Crippen LogP contribution in [-0.4, -0.2) is 27.5 Å². The Labute approximate surface area is 148 Å². The number of aromatic nitrogens is 2. The maximum atomic E-state index is 12.6. The van der Waals surface area contributed by atoms with E-state index in [-0.39, 0.29) is 12.5 Å². The first kappa shape index (κ1) is 16.7. The van der Waals surface area contributed by atoms with E-state index in [4.69, 9.17) is 16.0 Å². The zero-order valence-corrected chi connectivity index (χ0v) is 14.7. The van der Waals surface area contributed by atoms with Crippen LogP contribution in [0.1, 0.15) is 29.6 Å². The highest BCUT2D eigenvalue weighted by Gasteiger charge is 2.19. The summed E-state index contributed by atoms with van der Waals surface area (Å²) in [6.45, 7) is 2.93. The molecule has 0 aliphatic rings.